The number of halogens is 1. The maximum Gasteiger partial charge on any atom is 0.273 e. The van der Waals surface area contributed by atoms with Crippen LogP contribution in [0.1, 0.15) is 68.0 Å². The molecule has 11 nitrogen and oxygen atoms in total. The van der Waals surface area contributed by atoms with Crippen molar-refractivity contribution in [1.29, 1.82) is 0 Å². The Balaban J connectivity index is 1.95. The topological polar surface area (TPSA) is 144 Å². The molecule has 0 aliphatic carbocycles. The van der Waals surface area contributed by atoms with E-state index in [0.29, 0.717) is 6.54 Å². The van der Waals surface area contributed by atoms with Crippen LogP contribution in [0.4, 0.5) is 15.8 Å². The zero-order valence-electron chi connectivity index (χ0n) is 23.8. The highest BCUT2D eigenvalue weighted by molar-refractivity contribution is 7.92. The van der Waals surface area contributed by atoms with Crippen molar-refractivity contribution in [2.24, 2.45) is 5.41 Å². The predicted molar refractivity (Wildman–Crippen MR) is 151 cm³/mol. The van der Waals surface area contributed by atoms with Gasteiger partial charge in [0.2, 0.25) is 10.0 Å². The number of anilines is 2. The Bertz CT molecular complexity index is 1540. The van der Waals surface area contributed by atoms with Gasteiger partial charge in [0.05, 0.1) is 30.9 Å². The molecule has 40 heavy (non-hydrogen) atoms. The van der Waals surface area contributed by atoms with Crippen molar-refractivity contribution in [2.75, 3.05) is 29.9 Å². The van der Waals surface area contributed by atoms with E-state index in [4.69, 9.17) is 4.74 Å². The van der Waals surface area contributed by atoms with E-state index >= 15 is 0 Å². The number of nitrogens with zero attached hydrogens (tertiary/aromatic N) is 3. The first kappa shape index (κ1) is 30.5. The van der Waals surface area contributed by atoms with Crippen molar-refractivity contribution in [3.05, 3.63) is 59.2 Å². The van der Waals surface area contributed by atoms with Gasteiger partial charge < -0.3 is 15.4 Å². The Labute approximate surface area is 233 Å². The quantitative estimate of drug-likeness (QED) is 0.367. The number of sulfonamides is 1. The molecule has 0 bridgehead atoms. The maximum absolute atomic E-state index is 14.8. The van der Waals surface area contributed by atoms with Crippen LogP contribution in [0.25, 0.3) is 5.69 Å². The summed E-state index contributed by atoms with van der Waals surface area (Å²) in [5, 5.41) is 13.2. The molecule has 2 aromatic carbocycles. The maximum atomic E-state index is 14.8. The summed E-state index contributed by atoms with van der Waals surface area (Å²) in [6.45, 7) is 12.1. The van der Waals surface area contributed by atoms with Crippen LogP contribution in [0, 0.1) is 11.2 Å². The van der Waals surface area contributed by atoms with Crippen molar-refractivity contribution in [3.63, 3.8) is 0 Å². The van der Waals surface area contributed by atoms with E-state index in [-0.39, 0.29) is 39.5 Å². The van der Waals surface area contributed by atoms with Gasteiger partial charge in [0.1, 0.15) is 11.5 Å². The van der Waals surface area contributed by atoms with Gasteiger partial charge in [-0.05, 0) is 46.7 Å². The number of rotatable bonds is 8. The molecule has 0 unspecified atom stereocenters. The summed E-state index contributed by atoms with van der Waals surface area (Å²) in [5.74, 6) is -1.65. The van der Waals surface area contributed by atoms with Gasteiger partial charge in [-0.3, -0.25) is 14.3 Å². The average Bonchev–Trinajstić information content (AvgIpc) is 3.30. The lowest BCUT2D eigenvalue weighted by Crippen LogP contribution is -2.32. The molecule has 0 fully saturated rings. The second-order valence-corrected chi connectivity index (χ2v) is 13.4. The molecule has 13 heteroatoms. The highest BCUT2D eigenvalue weighted by Crippen LogP contribution is 2.39. The minimum atomic E-state index is -3.65. The summed E-state index contributed by atoms with van der Waals surface area (Å²) >= 11 is 0. The van der Waals surface area contributed by atoms with Gasteiger partial charge in [-0.25, -0.2) is 17.5 Å². The van der Waals surface area contributed by atoms with E-state index < -0.39 is 33.1 Å². The Hall–Kier alpha value is -4.00. The second-order valence-electron chi connectivity index (χ2n) is 11.6. The molecule has 0 atom stereocenters. The highest BCUT2D eigenvalue weighted by Gasteiger charge is 2.23. The Kier molecular flexibility index (Phi) is 8.58. The van der Waals surface area contributed by atoms with Gasteiger partial charge in [-0.2, -0.15) is 0 Å². The molecule has 216 valence electrons. The molecule has 3 rings (SSSR count). The van der Waals surface area contributed by atoms with Crippen LogP contribution in [0.5, 0.6) is 5.75 Å². The van der Waals surface area contributed by atoms with Crippen LogP contribution in [0.2, 0.25) is 0 Å². The third-order valence-corrected chi connectivity index (χ3v) is 6.25. The number of carbonyl (C=O) groups is 2. The fraction of sp³-hybridized carbons (Fsp3) is 0.407. The Morgan fingerprint density at radius 3 is 2.25 bits per heavy atom. The summed E-state index contributed by atoms with van der Waals surface area (Å²) < 4.78 is 47.7. The smallest absolute Gasteiger partial charge is 0.273 e. The van der Waals surface area contributed by atoms with Crippen LogP contribution >= 0.6 is 0 Å². The predicted octanol–water partition coefficient (Wildman–Crippen LogP) is 4.11. The third kappa shape index (κ3) is 7.78. The van der Waals surface area contributed by atoms with Gasteiger partial charge in [0, 0.05) is 12.1 Å². The van der Waals surface area contributed by atoms with E-state index in [0.717, 1.165) is 22.6 Å². The fourth-order valence-corrected chi connectivity index (χ4v) is 4.15. The highest BCUT2D eigenvalue weighted by atomic mass is 32.2. The largest absolute Gasteiger partial charge is 0.492 e. The van der Waals surface area contributed by atoms with E-state index in [9.17, 15) is 22.4 Å². The number of hydrogen-bond acceptors (Lipinski definition) is 7. The number of methoxy groups -OCH3 is 1. The molecule has 1 heterocycles. The van der Waals surface area contributed by atoms with Crippen molar-refractivity contribution in [2.45, 2.75) is 47.0 Å². The first-order valence-electron chi connectivity index (χ1n) is 12.4. The van der Waals surface area contributed by atoms with Gasteiger partial charge >= 0.3 is 0 Å². The van der Waals surface area contributed by atoms with Crippen molar-refractivity contribution in [1.82, 2.24) is 20.3 Å². The number of benzene rings is 2. The lowest BCUT2D eigenvalue weighted by Gasteiger charge is -2.24. The van der Waals surface area contributed by atoms with Crippen LogP contribution in [0.3, 0.4) is 0 Å². The SMILES string of the molecule is COc1c(NC(=O)c2ccc(F)c(-n3cc(C(=O)NCC(C)(C)C)nn3)c2)cc(C(C)(C)C)cc1NS(C)(=O)=O. The van der Waals surface area contributed by atoms with Gasteiger partial charge in [0.15, 0.2) is 11.4 Å². The summed E-state index contributed by atoms with van der Waals surface area (Å²) in [6, 6.07) is 6.99. The van der Waals surface area contributed by atoms with Crippen molar-refractivity contribution >= 4 is 33.2 Å². The number of nitrogens with one attached hydrogen (secondary N) is 3. The standard InChI is InChI=1S/C27H35FN6O5S/c1-26(2,3)15-29-25(36)21-14-34(33-31-21)22-11-16(9-10-18(22)28)24(35)30-19-12-17(27(4,5)6)13-20(23(19)39-7)32-40(8,37)38/h9-14,32H,15H2,1-8H3,(H,29,36)(H,30,35). The number of ether oxygens (including phenoxy) is 1. The molecular weight excluding hydrogens is 539 g/mol. The third-order valence-electron chi connectivity index (χ3n) is 5.66. The molecule has 1 aromatic heterocycles. The summed E-state index contributed by atoms with van der Waals surface area (Å²) in [5.41, 5.74) is 0.546. The zero-order chi connectivity index (χ0) is 30.0. The van der Waals surface area contributed by atoms with Gasteiger partial charge in [-0.15, -0.1) is 5.10 Å². The van der Waals surface area contributed by atoms with Crippen LogP contribution < -0.4 is 20.1 Å². The van der Waals surface area contributed by atoms with Crippen molar-refractivity contribution < 1.29 is 27.1 Å². The summed E-state index contributed by atoms with van der Waals surface area (Å²) in [6.07, 6.45) is 2.29. The molecule has 0 saturated carbocycles. The lowest BCUT2D eigenvalue weighted by molar-refractivity contribution is 0.0933. The molecule has 0 aliphatic heterocycles. The van der Waals surface area contributed by atoms with Crippen LogP contribution in [0.15, 0.2) is 36.5 Å². The molecule has 0 saturated heterocycles. The summed E-state index contributed by atoms with van der Waals surface area (Å²) in [7, 11) is -2.30. The normalized spacial score (nSPS) is 12.1. The fourth-order valence-electron chi connectivity index (χ4n) is 3.60. The minimum Gasteiger partial charge on any atom is -0.492 e. The molecule has 3 N–H and O–H groups in total. The lowest BCUT2D eigenvalue weighted by atomic mass is 9.86. The number of amides is 2. The first-order chi connectivity index (χ1) is 18.4. The van der Waals surface area contributed by atoms with Crippen molar-refractivity contribution in [3.8, 4) is 11.4 Å². The van der Waals surface area contributed by atoms with Crippen LogP contribution in [-0.2, 0) is 15.4 Å². The first-order valence-corrected chi connectivity index (χ1v) is 14.3. The zero-order valence-corrected chi connectivity index (χ0v) is 24.7. The molecule has 3 aromatic rings. The average molecular weight is 575 g/mol. The second kappa shape index (κ2) is 11.2. The van der Waals surface area contributed by atoms with Gasteiger partial charge in [0.25, 0.3) is 11.8 Å². The monoisotopic (exact) mass is 574 g/mol. The Morgan fingerprint density at radius 2 is 1.68 bits per heavy atom. The molecular formula is C27H35FN6O5S. The molecule has 0 spiro atoms. The molecule has 0 radical (unpaired) electrons. The number of hydrogen-bond donors (Lipinski definition) is 3. The van der Waals surface area contributed by atoms with E-state index in [1.807, 2.05) is 41.5 Å². The Morgan fingerprint density at radius 1 is 1.02 bits per heavy atom. The summed E-state index contributed by atoms with van der Waals surface area (Å²) in [4.78, 5) is 25.7. The number of carbonyl (C=O) groups excluding carboxylic acids is 2. The number of aromatic nitrogens is 3. The van der Waals surface area contributed by atoms with Gasteiger partial charge in [-0.1, -0.05) is 46.8 Å². The van der Waals surface area contributed by atoms with E-state index in [1.54, 1.807) is 12.1 Å². The van der Waals surface area contributed by atoms with Crippen LogP contribution in [-0.4, -0.2) is 55.1 Å². The molecule has 0 aliphatic rings. The van der Waals surface area contributed by atoms with E-state index in [1.165, 1.54) is 25.4 Å². The minimum absolute atomic E-state index is 0.00635. The van der Waals surface area contributed by atoms with E-state index in [2.05, 4.69) is 25.7 Å². The molecule has 2 amide bonds.